The summed E-state index contributed by atoms with van der Waals surface area (Å²) in [5.74, 6) is -0.583. The summed E-state index contributed by atoms with van der Waals surface area (Å²) in [7, 11) is 0. The normalized spacial score (nSPS) is 19.6. The van der Waals surface area contributed by atoms with E-state index in [0.29, 0.717) is 18.1 Å². The fourth-order valence-corrected chi connectivity index (χ4v) is 2.25. The molecule has 2 N–H and O–H groups in total. The third-order valence-corrected chi connectivity index (χ3v) is 3.39. The van der Waals surface area contributed by atoms with Gasteiger partial charge in [0.2, 0.25) is 0 Å². The smallest absolute Gasteiger partial charge is 0.272 e. The Hall–Kier alpha value is -1.56. The molecule has 96 valence electrons. The second kappa shape index (κ2) is 5.39. The highest BCUT2D eigenvalue weighted by atomic mass is 32.1. The number of nitrogens with two attached hydrogens (primary N) is 1. The van der Waals surface area contributed by atoms with Gasteiger partial charge in [0.05, 0.1) is 11.2 Å². The van der Waals surface area contributed by atoms with Crippen molar-refractivity contribution >= 4 is 23.1 Å². The molecule has 1 aromatic heterocycles. The summed E-state index contributed by atoms with van der Waals surface area (Å²) in [6, 6.07) is 2.62. The van der Waals surface area contributed by atoms with Gasteiger partial charge < -0.3 is 10.6 Å². The number of hydrogen-bond acceptors (Lipinski definition) is 3. The van der Waals surface area contributed by atoms with Crippen molar-refractivity contribution in [3.63, 3.8) is 0 Å². The Morgan fingerprint density at radius 2 is 2.33 bits per heavy atom. The number of nitrogens with zero attached hydrogens (tertiary/aromatic N) is 2. The number of likely N-dealkylation sites (tertiary alicyclic amines) is 1. The summed E-state index contributed by atoms with van der Waals surface area (Å²) in [6.45, 7) is 1.18. The number of carbonyl (C=O) groups excluding carboxylic acids is 1. The predicted molar refractivity (Wildman–Crippen MR) is 69.6 cm³/mol. The minimum atomic E-state index is -0.453. The maximum atomic E-state index is 12.7. The van der Waals surface area contributed by atoms with Crippen molar-refractivity contribution < 1.29 is 9.18 Å². The van der Waals surface area contributed by atoms with Crippen LogP contribution in [0.25, 0.3) is 0 Å². The van der Waals surface area contributed by atoms with Gasteiger partial charge in [-0.05, 0) is 25.0 Å². The lowest BCUT2D eigenvalue weighted by molar-refractivity contribution is 0.0697. The number of piperidine rings is 1. The molecule has 4 nitrogen and oxygen atoms in total. The van der Waals surface area contributed by atoms with E-state index in [-0.39, 0.29) is 17.5 Å². The van der Waals surface area contributed by atoms with Crippen molar-refractivity contribution in [2.45, 2.75) is 12.8 Å². The number of halogens is 1. The molecule has 0 spiro atoms. The quantitative estimate of drug-likeness (QED) is 0.822. The highest BCUT2D eigenvalue weighted by Crippen LogP contribution is 2.18. The van der Waals surface area contributed by atoms with Gasteiger partial charge in [-0.15, -0.1) is 0 Å². The van der Waals surface area contributed by atoms with Crippen LogP contribution in [0.2, 0.25) is 0 Å². The van der Waals surface area contributed by atoms with Crippen molar-refractivity contribution in [1.82, 2.24) is 9.88 Å². The van der Waals surface area contributed by atoms with Crippen LogP contribution in [0.15, 0.2) is 18.3 Å². The Kier molecular flexibility index (Phi) is 3.86. The summed E-state index contributed by atoms with van der Waals surface area (Å²) in [4.78, 5) is 18.0. The van der Waals surface area contributed by atoms with Crippen LogP contribution < -0.4 is 5.73 Å². The SMILES string of the molecule is NC(=S)C1CCCN(C(=O)c2ccc(F)cn2)C1. The molecule has 0 aromatic carbocycles. The molecule has 2 heterocycles. The van der Waals surface area contributed by atoms with Gasteiger partial charge in [-0.3, -0.25) is 4.79 Å². The van der Waals surface area contributed by atoms with E-state index in [0.717, 1.165) is 19.0 Å². The first-order valence-corrected chi connectivity index (χ1v) is 6.19. The average molecular weight is 267 g/mol. The largest absolute Gasteiger partial charge is 0.393 e. The summed E-state index contributed by atoms with van der Waals surface area (Å²) < 4.78 is 12.7. The molecule has 1 aliphatic rings. The predicted octanol–water partition coefficient (Wildman–Crippen LogP) is 1.36. The average Bonchev–Trinajstić information content (AvgIpc) is 2.39. The van der Waals surface area contributed by atoms with Crippen molar-refractivity contribution in [1.29, 1.82) is 0 Å². The number of pyridine rings is 1. The topological polar surface area (TPSA) is 59.2 Å². The van der Waals surface area contributed by atoms with Crippen LogP contribution in [0, 0.1) is 11.7 Å². The van der Waals surface area contributed by atoms with Gasteiger partial charge in [0.1, 0.15) is 11.5 Å². The van der Waals surface area contributed by atoms with Crippen LogP contribution in [0.5, 0.6) is 0 Å². The molecule has 1 saturated heterocycles. The third kappa shape index (κ3) is 2.81. The lowest BCUT2D eigenvalue weighted by Crippen LogP contribution is -2.43. The number of hydrogen-bond donors (Lipinski definition) is 1. The summed E-state index contributed by atoms with van der Waals surface area (Å²) in [6.07, 6.45) is 2.83. The molecule has 1 amide bonds. The lowest BCUT2D eigenvalue weighted by atomic mass is 9.98. The van der Waals surface area contributed by atoms with Crippen molar-refractivity contribution in [2.24, 2.45) is 11.7 Å². The van der Waals surface area contributed by atoms with Crippen molar-refractivity contribution in [2.75, 3.05) is 13.1 Å². The van der Waals surface area contributed by atoms with E-state index in [1.165, 1.54) is 12.1 Å². The molecule has 0 radical (unpaired) electrons. The van der Waals surface area contributed by atoms with Crippen LogP contribution in [0.3, 0.4) is 0 Å². The van der Waals surface area contributed by atoms with Gasteiger partial charge in [0.15, 0.2) is 0 Å². The number of carbonyl (C=O) groups is 1. The van der Waals surface area contributed by atoms with Crippen LogP contribution >= 0.6 is 12.2 Å². The van der Waals surface area contributed by atoms with E-state index in [1.807, 2.05) is 0 Å². The fraction of sp³-hybridized carbons (Fsp3) is 0.417. The molecule has 1 fully saturated rings. The monoisotopic (exact) mass is 267 g/mol. The molecule has 0 bridgehead atoms. The minimum absolute atomic E-state index is 0.0677. The molecule has 1 aliphatic heterocycles. The third-order valence-electron chi connectivity index (χ3n) is 3.06. The highest BCUT2D eigenvalue weighted by Gasteiger charge is 2.26. The minimum Gasteiger partial charge on any atom is -0.393 e. The molecule has 6 heteroatoms. The van der Waals surface area contributed by atoms with Crippen LogP contribution in [-0.4, -0.2) is 33.9 Å². The first-order valence-electron chi connectivity index (χ1n) is 5.78. The van der Waals surface area contributed by atoms with Gasteiger partial charge >= 0.3 is 0 Å². The zero-order valence-corrected chi connectivity index (χ0v) is 10.6. The summed E-state index contributed by atoms with van der Waals surface area (Å²) in [5.41, 5.74) is 5.87. The lowest BCUT2D eigenvalue weighted by Gasteiger charge is -2.31. The van der Waals surface area contributed by atoms with E-state index < -0.39 is 5.82 Å². The van der Waals surface area contributed by atoms with Gasteiger partial charge in [-0.1, -0.05) is 12.2 Å². The Morgan fingerprint density at radius 3 is 2.94 bits per heavy atom. The van der Waals surface area contributed by atoms with E-state index in [9.17, 15) is 9.18 Å². The van der Waals surface area contributed by atoms with Gasteiger partial charge in [0.25, 0.3) is 5.91 Å². The molecule has 0 saturated carbocycles. The molecule has 1 atom stereocenters. The van der Waals surface area contributed by atoms with E-state index in [1.54, 1.807) is 4.90 Å². The molecule has 2 rings (SSSR count). The number of thiocarbonyl (C=S) groups is 1. The molecule has 1 unspecified atom stereocenters. The molecule has 18 heavy (non-hydrogen) atoms. The number of aromatic nitrogens is 1. The van der Waals surface area contributed by atoms with Gasteiger partial charge in [0, 0.05) is 19.0 Å². The van der Waals surface area contributed by atoms with Crippen LogP contribution in [0.4, 0.5) is 4.39 Å². The van der Waals surface area contributed by atoms with Crippen molar-refractivity contribution in [3.05, 3.63) is 29.8 Å². The summed E-state index contributed by atoms with van der Waals surface area (Å²) >= 11 is 4.96. The van der Waals surface area contributed by atoms with E-state index >= 15 is 0 Å². The zero-order chi connectivity index (χ0) is 13.1. The number of amides is 1. The highest BCUT2D eigenvalue weighted by molar-refractivity contribution is 7.80. The van der Waals surface area contributed by atoms with Crippen LogP contribution in [-0.2, 0) is 0 Å². The molecular formula is C12H14FN3OS. The maximum Gasteiger partial charge on any atom is 0.272 e. The summed E-state index contributed by atoms with van der Waals surface area (Å²) in [5, 5.41) is 0. The Bertz CT molecular complexity index is 463. The van der Waals surface area contributed by atoms with E-state index in [4.69, 9.17) is 18.0 Å². The Balaban J connectivity index is 2.09. The Morgan fingerprint density at radius 1 is 1.56 bits per heavy atom. The molecular weight excluding hydrogens is 253 g/mol. The maximum absolute atomic E-state index is 12.7. The van der Waals surface area contributed by atoms with Gasteiger partial charge in [-0.25, -0.2) is 9.37 Å². The second-order valence-electron chi connectivity index (χ2n) is 4.35. The first-order chi connectivity index (χ1) is 8.58. The Labute approximate surface area is 110 Å². The standard InChI is InChI=1S/C12H14FN3OS/c13-9-3-4-10(15-6-9)12(17)16-5-1-2-8(7-16)11(14)18/h3-4,6,8H,1-2,5,7H2,(H2,14,18). The first kappa shape index (κ1) is 12.9. The number of rotatable bonds is 2. The fourth-order valence-electron chi connectivity index (χ4n) is 2.06. The van der Waals surface area contributed by atoms with E-state index in [2.05, 4.69) is 4.98 Å². The zero-order valence-electron chi connectivity index (χ0n) is 9.80. The molecule has 0 aliphatic carbocycles. The molecule has 1 aromatic rings. The van der Waals surface area contributed by atoms with Crippen LogP contribution in [0.1, 0.15) is 23.3 Å². The van der Waals surface area contributed by atoms with Crippen molar-refractivity contribution in [3.8, 4) is 0 Å². The van der Waals surface area contributed by atoms with Gasteiger partial charge in [-0.2, -0.15) is 0 Å². The second-order valence-corrected chi connectivity index (χ2v) is 4.83.